The highest BCUT2D eigenvalue weighted by Gasteiger charge is 2.23. The van der Waals surface area contributed by atoms with Crippen LogP contribution < -0.4 is 15.4 Å². The molecule has 0 bridgehead atoms. The molecule has 2 aliphatic rings. The highest BCUT2D eigenvalue weighted by molar-refractivity contribution is 5.95. The predicted octanol–water partition coefficient (Wildman–Crippen LogP) is 1.70. The van der Waals surface area contributed by atoms with Gasteiger partial charge in [0.05, 0.1) is 6.04 Å². The molecule has 1 saturated heterocycles. The van der Waals surface area contributed by atoms with Gasteiger partial charge in [0, 0.05) is 12.1 Å². The van der Waals surface area contributed by atoms with Gasteiger partial charge in [-0.1, -0.05) is 0 Å². The van der Waals surface area contributed by atoms with Gasteiger partial charge in [0.1, 0.15) is 11.9 Å². The highest BCUT2D eigenvalue weighted by atomic mass is 16.5. The number of fused-ring (bicyclic) bond motifs is 1. The molecule has 0 spiro atoms. The van der Waals surface area contributed by atoms with E-state index in [0.717, 1.165) is 37.2 Å². The molecule has 0 aliphatic carbocycles. The molecule has 2 N–H and O–H groups in total. The van der Waals surface area contributed by atoms with Crippen LogP contribution in [0.25, 0.3) is 0 Å². The fourth-order valence-electron chi connectivity index (χ4n) is 2.64. The van der Waals surface area contributed by atoms with E-state index in [0.29, 0.717) is 0 Å². The van der Waals surface area contributed by atoms with Crippen molar-refractivity contribution < 1.29 is 9.53 Å². The van der Waals surface area contributed by atoms with Crippen molar-refractivity contribution >= 4 is 11.6 Å². The van der Waals surface area contributed by atoms with Gasteiger partial charge in [-0.25, -0.2) is 0 Å². The summed E-state index contributed by atoms with van der Waals surface area (Å²) in [6.45, 7) is 2.99. The Labute approximate surface area is 107 Å². The molecule has 0 radical (unpaired) electrons. The summed E-state index contributed by atoms with van der Waals surface area (Å²) < 4.78 is 5.64. The molecule has 3 rings (SSSR count). The summed E-state index contributed by atoms with van der Waals surface area (Å²) in [4.78, 5) is 12.0. The molecule has 1 aromatic carbocycles. The predicted molar refractivity (Wildman–Crippen MR) is 69.9 cm³/mol. The minimum absolute atomic E-state index is 0.0339. The summed E-state index contributed by atoms with van der Waals surface area (Å²) in [6.07, 6.45) is 3.16. The molecule has 2 aliphatic heterocycles. The molecule has 1 unspecified atom stereocenters. The zero-order valence-electron chi connectivity index (χ0n) is 10.5. The van der Waals surface area contributed by atoms with Crippen molar-refractivity contribution in [3.63, 3.8) is 0 Å². The summed E-state index contributed by atoms with van der Waals surface area (Å²) in [5.41, 5.74) is 2.05. The average Bonchev–Trinajstić information content (AvgIpc) is 2.95. The second kappa shape index (κ2) is 4.61. The lowest BCUT2D eigenvalue weighted by molar-refractivity contribution is -0.117. The first-order chi connectivity index (χ1) is 8.72. The zero-order chi connectivity index (χ0) is 12.5. The summed E-state index contributed by atoms with van der Waals surface area (Å²) in [5.74, 6) is 1.01. The minimum atomic E-state index is -0.0339. The van der Waals surface area contributed by atoms with Gasteiger partial charge in [-0.2, -0.15) is 0 Å². The Morgan fingerprint density at radius 2 is 2.39 bits per heavy atom. The third-order valence-corrected chi connectivity index (χ3v) is 3.54. The second-order valence-electron chi connectivity index (χ2n) is 5.09. The molecular weight excluding hydrogens is 228 g/mol. The molecule has 0 aromatic heterocycles. The van der Waals surface area contributed by atoms with Crippen LogP contribution in [0.4, 0.5) is 5.69 Å². The number of ether oxygens (including phenoxy) is 1. The van der Waals surface area contributed by atoms with Crippen molar-refractivity contribution in [2.24, 2.45) is 0 Å². The first-order valence-electron chi connectivity index (χ1n) is 6.56. The smallest absolute Gasteiger partial charge is 0.241 e. The third-order valence-electron chi connectivity index (χ3n) is 3.54. The normalized spacial score (nSPS) is 25.6. The number of amides is 1. The van der Waals surface area contributed by atoms with Crippen molar-refractivity contribution in [1.29, 1.82) is 0 Å². The molecule has 4 heteroatoms. The van der Waals surface area contributed by atoms with Crippen LogP contribution in [0, 0.1) is 0 Å². The van der Waals surface area contributed by atoms with Crippen molar-refractivity contribution in [1.82, 2.24) is 5.32 Å². The van der Waals surface area contributed by atoms with Gasteiger partial charge in [0.25, 0.3) is 0 Å². The number of benzene rings is 1. The number of carbonyl (C=O) groups is 1. The van der Waals surface area contributed by atoms with E-state index in [1.54, 1.807) is 0 Å². The summed E-state index contributed by atoms with van der Waals surface area (Å²) in [5, 5.41) is 6.17. The minimum Gasteiger partial charge on any atom is -0.490 e. The zero-order valence-corrected chi connectivity index (χ0v) is 10.5. The molecule has 1 amide bonds. The highest BCUT2D eigenvalue weighted by Crippen LogP contribution is 2.31. The van der Waals surface area contributed by atoms with Gasteiger partial charge in [0.2, 0.25) is 5.91 Å². The van der Waals surface area contributed by atoms with E-state index >= 15 is 0 Å². The summed E-state index contributed by atoms with van der Waals surface area (Å²) >= 11 is 0. The Kier molecular flexibility index (Phi) is 2.96. The Hall–Kier alpha value is -1.55. The topological polar surface area (TPSA) is 50.4 Å². The first-order valence-corrected chi connectivity index (χ1v) is 6.56. The number of hydrogen-bond donors (Lipinski definition) is 2. The Morgan fingerprint density at radius 3 is 3.17 bits per heavy atom. The quantitative estimate of drug-likeness (QED) is 0.835. The van der Waals surface area contributed by atoms with Gasteiger partial charge in [-0.15, -0.1) is 0 Å². The maximum Gasteiger partial charge on any atom is 0.241 e. The van der Waals surface area contributed by atoms with Crippen LogP contribution in [0.2, 0.25) is 0 Å². The fourth-order valence-corrected chi connectivity index (χ4v) is 2.64. The van der Waals surface area contributed by atoms with Gasteiger partial charge >= 0.3 is 0 Å². The summed E-state index contributed by atoms with van der Waals surface area (Å²) in [7, 11) is 0. The van der Waals surface area contributed by atoms with E-state index < -0.39 is 0 Å². The second-order valence-corrected chi connectivity index (χ2v) is 5.09. The van der Waals surface area contributed by atoms with Crippen LogP contribution in [-0.4, -0.2) is 24.6 Å². The fraction of sp³-hybridized carbons (Fsp3) is 0.500. The summed E-state index contributed by atoms with van der Waals surface area (Å²) in [6, 6.07) is 5.83. The molecular formula is C14H18N2O2. The van der Waals surface area contributed by atoms with E-state index in [4.69, 9.17) is 4.74 Å². The van der Waals surface area contributed by atoms with Crippen molar-refractivity contribution in [3.05, 3.63) is 23.8 Å². The monoisotopic (exact) mass is 246 g/mol. The van der Waals surface area contributed by atoms with E-state index in [2.05, 4.69) is 17.6 Å². The molecule has 2 heterocycles. The van der Waals surface area contributed by atoms with E-state index in [-0.39, 0.29) is 18.1 Å². The van der Waals surface area contributed by atoms with Crippen molar-refractivity contribution in [3.8, 4) is 5.75 Å². The molecule has 0 saturated carbocycles. The molecule has 1 fully saturated rings. The average molecular weight is 246 g/mol. The van der Waals surface area contributed by atoms with Gasteiger partial charge in [0.15, 0.2) is 0 Å². The molecule has 18 heavy (non-hydrogen) atoms. The van der Waals surface area contributed by atoms with Crippen LogP contribution >= 0.6 is 0 Å². The van der Waals surface area contributed by atoms with Crippen molar-refractivity contribution in [2.75, 3.05) is 11.9 Å². The lowest BCUT2D eigenvalue weighted by Gasteiger charge is -2.11. The molecule has 1 aromatic rings. The SMILES string of the molecule is CC1Cc2cc(NC(=O)[C@@H]3CCCN3)ccc2O1. The van der Waals surface area contributed by atoms with Crippen LogP contribution in [0.1, 0.15) is 25.3 Å². The van der Waals surface area contributed by atoms with E-state index in [1.165, 1.54) is 5.56 Å². The number of rotatable bonds is 2. The maximum atomic E-state index is 12.0. The molecule has 2 atom stereocenters. The molecule has 4 nitrogen and oxygen atoms in total. The number of carbonyl (C=O) groups excluding carboxylic acids is 1. The van der Waals surface area contributed by atoms with Crippen LogP contribution in [0.5, 0.6) is 5.75 Å². The first kappa shape index (κ1) is 11.5. The van der Waals surface area contributed by atoms with Crippen molar-refractivity contribution in [2.45, 2.75) is 38.3 Å². The van der Waals surface area contributed by atoms with Gasteiger partial charge < -0.3 is 15.4 Å². The number of anilines is 1. The van der Waals surface area contributed by atoms with E-state index in [9.17, 15) is 4.79 Å². The van der Waals surface area contributed by atoms with Gasteiger partial charge in [-0.3, -0.25) is 4.79 Å². The number of nitrogens with one attached hydrogen (secondary N) is 2. The third kappa shape index (κ3) is 2.20. The Bertz CT molecular complexity index is 467. The standard InChI is InChI=1S/C14H18N2O2/c1-9-7-10-8-11(4-5-13(10)18-9)16-14(17)12-3-2-6-15-12/h4-5,8-9,12,15H,2-3,6-7H2,1H3,(H,16,17)/t9?,12-/m0/s1. The maximum absolute atomic E-state index is 12.0. The van der Waals surface area contributed by atoms with Crippen LogP contribution in [-0.2, 0) is 11.2 Å². The largest absolute Gasteiger partial charge is 0.490 e. The lowest BCUT2D eigenvalue weighted by atomic mass is 10.1. The Balaban J connectivity index is 1.70. The number of hydrogen-bond acceptors (Lipinski definition) is 3. The van der Waals surface area contributed by atoms with Crippen LogP contribution in [0.3, 0.4) is 0 Å². The molecule has 96 valence electrons. The van der Waals surface area contributed by atoms with Crippen LogP contribution in [0.15, 0.2) is 18.2 Å². The van der Waals surface area contributed by atoms with Gasteiger partial charge in [-0.05, 0) is 50.1 Å². The lowest BCUT2D eigenvalue weighted by Crippen LogP contribution is -2.35. The Morgan fingerprint density at radius 1 is 1.50 bits per heavy atom. The van der Waals surface area contributed by atoms with E-state index in [1.807, 2.05) is 18.2 Å².